The Hall–Kier alpha value is -2.50. The largest absolute Gasteiger partial charge is 0.453 e. The second-order valence-corrected chi connectivity index (χ2v) is 3.99. The van der Waals surface area contributed by atoms with Gasteiger partial charge in [-0.1, -0.05) is 0 Å². The maximum Gasteiger partial charge on any atom is 0.411 e. The molecule has 100 valence electrons. The molecule has 1 aromatic heterocycles. The predicted octanol–water partition coefficient (Wildman–Crippen LogP) is 2.21. The second kappa shape index (κ2) is 5.90. The lowest BCUT2D eigenvalue weighted by Crippen LogP contribution is -2.10. The highest BCUT2D eigenvalue weighted by Gasteiger charge is 2.01. The Morgan fingerprint density at radius 2 is 1.95 bits per heavy atom. The van der Waals surface area contributed by atoms with Crippen LogP contribution in [-0.4, -0.2) is 23.0 Å². The van der Waals surface area contributed by atoms with Crippen molar-refractivity contribution in [3.8, 4) is 0 Å². The summed E-state index contributed by atoms with van der Waals surface area (Å²) in [5.41, 5.74) is 2.76. The number of hydrogen-bond donors (Lipinski definition) is 2. The molecule has 1 heterocycles. The van der Waals surface area contributed by atoms with Gasteiger partial charge in [-0.15, -0.1) is 0 Å². The molecule has 1 aromatic carbocycles. The van der Waals surface area contributed by atoms with E-state index in [1.165, 1.54) is 7.11 Å². The van der Waals surface area contributed by atoms with Gasteiger partial charge in [0.1, 0.15) is 0 Å². The van der Waals surface area contributed by atoms with Crippen LogP contribution < -0.4 is 10.6 Å². The van der Waals surface area contributed by atoms with Crippen molar-refractivity contribution in [2.24, 2.45) is 7.05 Å². The minimum absolute atomic E-state index is 0.476. The van der Waals surface area contributed by atoms with Crippen molar-refractivity contribution in [1.82, 2.24) is 9.78 Å². The minimum atomic E-state index is -0.476. The third kappa shape index (κ3) is 3.48. The Balaban J connectivity index is 1.92. The molecule has 0 saturated heterocycles. The summed E-state index contributed by atoms with van der Waals surface area (Å²) in [6.45, 7) is 0.695. The highest BCUT2D eigenvalue weighted by molar-refractivity contribution is 5.84. The summed E-state index contributed by atoms with van der Waals surface area (Å²) in [5.74, 6) is 0. The van der Waals surface area contributed by atoms with Crippen LogP contribution in [0.15, 0.2) is 36.5 Å². The lowest BCUT2D eigenvalue weighted by Gasteiger charge is -2.08. The Labute approximate surface area is 111 Å². The number of ether oxygens (including phenoxy) is 1. The van der Waals surface area contributed by atoms with Crippen LogP contribution in [0.1, 0.15) is 5.69 Å². The summed E-state index contributed by atoms with van der Waals surface area (Å²) in [7, 11) is 3.24. The van der Waals surface area contributed by atoms with E-state index in [0.29, 0.717) is 12.2 Å². The lowest BCUT2D eigenvalue weighted by atomic mass is 10.2. The fraction of sp³-hybridized carbons (Fsp3) is 0.231. The molecule has 0 aliphatic carbocycles. The van der Waals surface area contributed by atoms with Gasteiger partial charge in [-0.25, -0.2) is 4.79 Å². The molecule has 0 radical (unpaired) electrons. The van der Waals surface area contributed by atoms with Crippen molar-refractivity contribution >= 4 is 17.5 Å². The molecule has 2 rings (SSSR count). The molecular formula is C13H16N4O2. The van der Waals surface area contributed by atoms with Crippen molar-refractivity contribution < 1.29 is 9.53 Å². The molecule has 2 aromatic rings. The summed E-state index contributed by atoms with van der Waals surface area (Å²) in [4.78, 5) is 11.0. The Bertz CT molecular complexity index is 548. The third-order valence-corrected chi connectivity index (χ3v) is 2.71. The summed E-state index contributed by atoms with van der Waals surface area (Å²) < 4.78 is 6.34. The molecule has 0 spiro atoms. The van der Waals surface area contributed by atoms with E-state index in [9.17, 15) is 4.79 Å². The summed E-state index contributed by atoms with van der Waals surface area (Å²) in [5, 5.41) is 9.97. The molecule has 6 nitrogen and oxygen atoms in total. The average Bonchev–Trinajstić information content (AvgIpc) is 2.83. The third-order valence-electron chi connectivity index (χ3n) is 2.71. The van der Waals surface area contributed by atoms with E-state index in [4.69, 9.17) is 0 Å². The smallest absolute Gasteiger partial charge is 0.411 e. The molecule has 0 fully saturated rings. The first kappa shape index (κ1) is 12.9. The number of aromatic nitrogens is 2. The summed E-state index contributed by atoms with van der Waals surface area (Å²) >= 11 is 0. The Morgan fingerprint density at radius 1 is 1.26 bits per heavy atom. The second-order valence-electron chi connectivity index (χ2n) is 3.99. The number of nitrogens with one attached hydrogen (secondary N) is 2. The predicted molar refractivity (Wildman–Crippen MR) is 73.0 cm³/mol. The monoisotopic (exact) mass is 260 g/mol. The fourth-order valence-corrected chi connectivity index (χ4v) is 1.61. The summed E-state index contributed by atoms with van der Waals surface area (Å²) in [6, 6.07) is 9.36. The topological polar surface area (TPSA) is 68.2 Å². The van der Waals surface area contributed by atoms with Gasteiger partial charge in [-0.2, -0.15) is 5.10 Å². The lowest BCUT2D eigenvalue weighted by molar-refractivity contribution is 0.187. The van der Waals surface area contributed by atoms with Gasteiger partial charge in [-0.3, -0.25) is 10.00 Å². The number of methoxy groups -OCH3 is 1. The zero-order valence-electron chi connectivity index (χ0n) is 10.9. The van der Waals surface area contributed by atoms with Crippen LogP contribution >= 0.6 is 0 Å². The summed E-state index contributed by atoms with van der Waals surface area (Å²) in [6.07, 6.45) is 1.29. The average molecular weight is 260 g/mol. The van der Waals surface area contributed by atoms with E-state index >= 15 is 0 Å². The van der Waals surface area contributed by atoms with Crippen LogP contribution in [0.4, 0.5) is 16.2 Å². The number of carbonyl (C=O) groups is 1. The van der Waals surface area contributed by atoms with Gasteiger partial charge < -0.3 is 10.1 Å². The zero-order valence-corrected chi connectivity index (χ0v) is 10.9. The number of aryl methyl sites for hydroxylation is 1. The van der Waals surface area contributed by atoms with E-state index in [1.807, 2.05) is 42.1 Å². The van der Waals surface area contributed by atoms with Crippen LogP contribution in [0.2, 0.25) is 0 Å². The zero-order chi connectivity index (χ0) is 13.7. The van der Waals surface area contributed by atoms with Crippen molar-refractivity contribution in [2.45, 2.75) is 6.54 Å². The standard InChI is InChI=1S/C13H16N4O2/c1-17-12(7-8-15-17)9-14-10-3-5-11(6-4-10)16-13(18)19-2/h3-8,14H,9H2,1-2H3,(H,16,18). The maximum absolute atomic E-state index is 11.0. The van der Waals surface area contributed by atoms with Crippen molar-refractivity contribution in [1.29, 1.82) is 0 Å². The van der Waals surface area contributed by atoms with E-state index in [0.717, 1.165) is 11.4 Å². The van der Waals surface area contributed by atoms with Crippen LogP contribution in [-0.2, 0) is 18.3 Å². The van der Waals surface area contributed by atoms with Crippen LogP contribution in [0.5, 0.6) is 0 Å². The molecule has 2 N–H and O–H groups in total. The van der Waals surface area contributed by atoms with Crippen molar-refractivity contribution in [2.75, 3.05) is 17.7 Å². The van der Waals surface area contributed by atoms with Gasteiger partial charge in [0.25, 0.3) is 0 Å². The van der Waals surface area contributed by atoms with Gasteiger partial charge in [0.2, 0.25) is 0 Å². The van der Waals surface area contributed by atoms with Gasteiger partial charge in [0.05, 0.1) is 19.3 Å². The van der Waals surface area contributed by atoms with E-state index < -0.39 is 6.09 Å². The minimum Gasteiger partial charge on any atom is -0.453 e. The van der Waals surface area contributed by atoms with E-state index in [2.05, 4.69) is 20.5 Å². The quantitative estimate of drug-likeness (QED) is 0.884. The van der Waals surface area contributed by atoms with Gasteiger partial charge in [-0.05, 0) is 30.3 Å². The molecule has 0 unspecified atom stereocenters. The van der Waals surface area contributed by atoms with Crippen molar-refractivity contribution in [3.05, 3.63) is 42.2 Å². The SMILES string of the molecule is COC(=O)Nc1ccc(NCc2ccnn2C)cc1. The van der Waals surface area contributed by atoms with Gasteiger partial charge >= 0.3 is 6.09 Å². The fourth-order valence-electron chi connectivity index (χ4n) is 1.61. The Kier molecular flexibility index (Phi) is 4.02. The van der Waals surface area contributed by atoms with Crippen LogP contribution in [0.25, 0.3) is 0 Å². The molecule has 6 heteroatoms. The molecule has 0 atom stereocenters. The maximum atomic E-state index is 11.0. The number of nitrogens with zero attached hydrogens (tertiary/aromatic N) is 2. The number of benzene rings is 1. The highest BCUT2D eigenvalue weighted by atomic mass is 16.5. The first-order valence-corrected chi connectivity index (χ1v) is 5.85. The van der Waals surface area contributed by atoms with E-state index in [-0.39, 0.29) is 0 Å². The number of anilines is 2. The van der Waals surface area contributed by atoms with Crippen LogP contribution in [0.3, 0.4) is 0 Å². The molecule has 0 aliphatic heterocycles. The van der Waals surface area contributed by atoms with Crippen molar-refractivity contribution in [3.63, 3.8) is 0 Å². The Morgan fingerprint density at radius 3 is 2.53 bits per heavy atom. The normalized spacial score (nSPS) is 10.0. The van der Waals surface area contributed by atoms with E-state index in [1.54, 1.807) is 6.20 Å². The molecule has 0 bridgehead atoms. The number of hydrogen-bond acceptors (Lipinski definition) is 4. The number of amides is 1. The molecule has 0 aliphatic rings. The first-order valence-electron chi connectivity index (χ1n) is 5.85. The first-order chi connectivity index (χ1) is 9.19. The molecular weight excluding hydrogens is 244 g/mol. The molecule has 19 heavy (non-hydrogen) atoms. The molecule has 1 amide bonds. The number of carbonyl (C=O) groups excluding carboxylic acids is 1. The van der Waals surface area contributed by atoms with Gasteiger partial charge in [0.15, 0.2) is 0 Å². The molecule has 0 saturated carbocycles. The van der Waals surface area contributed by atoms with Crippen LogP contribution in [0, 0.1) is 0 Å². The van der Waals surface area contributed by atoms with Gasteiger partial charge in [0, 0.05) is 24.6 Å². The highest BCUT2D eigenvalue weighted by Crippen LogP contribution is 2.14. The number of rotatable bonds is 4.